The molecule has 2 unspecified atom stereocenters. The second-order valence-corrected chi connectivity index (χ2v) is 7.07. The molecule has 24 heavy (non-hydrogen) atoms. The lowest BCUT2D eigenvalue weighted by Crippen LogP contribution is -2.47. The first-order valence-electron chi connectivity index (χ1n) is 9.20. The van der Waals surface area contributed by atoms with Gasteiger partial charge in [-0.1, -0.05) is 38.1 Å². The van der Waals surface area contributed by atoms with E-state index in [2.05, 4.69) is 38.1 Å². The van der Waals surface area contributed by atoms with Crippen LogP contribution in [0.5, 0.6) is 0 Å². The van der Waals surface area contributed by atoms with Crippen LogP contribution < -0.4 is 0 Å². The summed E-state index contributed by atoms with van der Waals surface area (Å²) < 4.78 is 23.0. The summed E-state index contributed by atoms with van der Waals surface area (Å²) in [6.45, 7) is 8.72. The lowest BCUT2D eigenvalue weighted by Gasteiger charge is -2.41. The molecule has 2 heterocycles. The highest BCUT2D eigenvalue weighted by molar-refractivity contribution is 5.21. The van der Waals surface area contributed by atoms with Crippen LogP contribution in [0.4, 0.5) is 0 Å². The number of hydrogen-bond acceptors (Lipinski definition) is 4. The predicted octanol–water partition coefficient (Wildman–Crippen LogP) is 3.86. The van der Waals surface area contributed by atoms with Crippen molar-refractivity contribution in [1.82, 2.24) is 0 Å². The van der Waals surface area contributed by atoms with Crippen molar-refractivity contribution in [1.29, 1.82) is 0 Å². The van der Waals surface area contributed by atoms with Crippen molar-refractivity contribution in [2.75, 3.05) is 26.4 Å². The van der Waals surface area contributed by atoms with Crippen LogP contribution in [0.15, 0.2) is 24.3 Å². The fourth-order valence-corrected chi connectivity index (χ4v) is 3.21. The van der Waals surface area contributed by atoms with E-state index in [1.54, 1.807) is 0 Å². The Labute approximate surface area is 145 Å². The van der Waals surface area contributed by atoms with Crippen molar-refractivity contribution in [3.63, 3.8) is 0 Å². The molecule has 0 radical (unpaired) electrons. The second kappa shape index (κ2) is 7.96. The molecule has 2 saturated heterocycles. The molecule has 0 spiro atoms. The number of benzene rings is 1. The Morgan fingerprint density at radius 2 is 1.17 bits per heavy atom. The standard InChI is InChI=1S/C20H30O4/c1-3-19(9-11-23-19)15-21-13-17-5-7-18(8-6-17)14-22-16-20(4-2)10-12-24-20/h5-8H,3-4,9-16H2,1-2H3. The van der Waals surface area contributed by atoms with Gasteiger partial charge in [0.25, 0.3) is 0 Å². The number of ether oxygens (including phenoxy) is 4. The molecule has 4 nitrogen and oxygen atoms in total. The lowest BCUT2D eigenvalue weighted by molar-refractivity contribution is -0.184. The van der Waals surface area contributed by atoms with Gasteiger partial charge in [-0.3, -0.25) is 0 Å². The zero-order chi connectivity index (χ0) is 16.9. The topological polar surface area (TPSA) is 36.9 Å². The Kier molecular flexibility index (Phi) is 5.93. The van der Waals surface area contributed by atoms with Crippen molar-refractivity contribution in [2.24, 2.45) is 0 Å². The summed E-state index contributed by atoms with van der Waals surface area (Å²) in [6, 6.07) is 8.48. The highest BCUT2D eigenvalue weighted by atomic mass is 16.6. The maximum absolute atomic E-state index is 5.85. The van der Waals surface area contributed by atoms with Gasteiger partial charge in [-0.05, 0) is 24.0 Å². The maximum atomic E-state index is 5.85. The summed E-state index contributed by atoms with van der Waals surface area (Å²) in [7, 11) is 0. The second-order valence-electron chi connectivity index (χ2n) is 7.07. The Balaban J connectivity index is 1.37. The van der Waals surface area contributed by atoms with E-state index in [4.69, 9.17) is 18.9 Å². The van der Waals surface area contributed by atoms with E-state index >= 15 is 0 Å². The fourth-order valence-electron chi connectivity index (χ4n) is 3.21. The van der Waals surface area contributed by atoms with Crippen LogP contribution in [0.25, 0.3) is 0 Å². The highest BCUT2D eigenvalue weighted by Gasteiger charge is 2.37. The maximum Gasteiger partial charge on any atom is 0.0934 e. The van der Waals surface area contributed by atoms with Crippen molar-refractivity contribution in [2.45, 2.75) is 63.9 Å². The third kappa shape index (κ3) is 4.17. The van der Waals surface area contributed by atoms with Crippen LogP contribution in [-0.4, -0.2) is 37.6 Å². The SMILES string of the molecule is CCC1(COCc2ccc(COCC3(CC)CCO3)cc2)CCO1. The molecule has 0 bridgehead atoms. The van der Waals surface area contributed by atoms with Crippen LogP contribution >= 0.6 is 0 Å². The summed E-state index contributed by atoms with van der Waals surface area (Å²) in [5.74, 6) is 0. The molecule has 0 aromatic heterocycles. The molecule has 0 N–H and O–H groups in total. The van der Waals surface area contributed by atoms with Crippen LogP contribution in [0.2, 0.25) is 0 Å². The quantitative estimate of drug-likeness (QED) is 0.651. The lowest BCUT2D eigenvalue weighted by atomic mass is 9.93. The summed E-state index contributed by atoms with van der Waals surface area (Å²) >= 11 is 0. The zero-order valence-corrected chi connectivity index (χ0v) is 15.0. The molecule has 0 amide bonds. The summed E-state index contributed by atoms with van der Waals surface area (Å²) in [6.07, 6.45) is 4.27. The first-order valence-corrected chi connectivity index (χ1v) is 9.20. The molecular formula is C20H30O4. The smallest absolute Gasteiger partial charge is 0.0934 e. The molecule has 0 aliphatic carbocycles. The van der Waals surface area contributed by atoms with Gasteiger partial charge in [-0.2, -0.15) is 0 Å². The molecule has 2 atom stereocenters. The van der Waals surface area contributed by atoms with Crippen molar-refractivity contribution in [3.8, 4) is 0 Å². The minimum absolute atomic E-state index is 0.0212. The molecule has 2 aliphatic rings. The average molecular weight is 334 g/mol. The van der Waals surface area contributed by atoms with E-state index in [0.29, 0.717) is 26.4 Å². The minimum Gasteiger partial charge on any atom is -0.374 e. The Morgan fingerprint density at radius 3 is 1.42 bits per heavy atom. The molecule has 1 aromatic rings. The highest BCUT2D eigenvalue weighted by Crippen LogP contribution is 2.31. The Hall–Kier alpha value is -0.940. The summed E-state index contributed by atoms with van der Waals surface area (Å²) in [5, 5.41) is 0. The van der Waals surface area contributed by atoms with Crippen LogP contribution in [-0.2, 0) is 32.2 Å². The van der Waals surface area contributed by atoms with Crippen molar-refractivity contribution < 1.29 is 18.9 Å². The van der Waals surface area contributed by atoms with Crippen molar-refractivity contribution >= 4 is 0 Å². The van der Waals surface area contributed by atoms with E-state index in [1.165, 1.54) is 11.1 Å². The molecule has 3 rings (SSSR count). The van der Waals surface area contributed by atoms with E-state index in [1.807, 2.05) is 0 Å². The van der Waals surface area contributed by atoms with E-state index < -0.39 is 0 Å². The van der Waals surface area contributed by atoms with Gasteiger partial charge in [-0.25, -0.2) is 0 Å². The van der Waals surface area contributed by atoms with Gasteiger partial charge in [0.1, 0.15) is 0 Å². The largest absolute Gasteiger partial charge is 0.374 e. The average Bonchev–Trinajstić information content (AvgIpc) is 2.54. The normalized spacial score (nSPS) is 29.1. The van der Waals surface area contributed by atoms with Gasteiger partial charge in [0.2, 0.25) is 0 Å². The van der Waals surface area contributed by atoms with Gasteiger partial charge in [-0.15, -0.1) is 0 Å². The number of hydrogen-bond donors (Lipinski definition) is 0. The molecular weight excluding hydrogens is 304 g/mol. The zero-order valence-electron chi connectivity index (χ0n) is 15.0. The molecule has 4 heteroatoms. The molecule has 2 aliphatic heterocycles. The molecule has 2 fully saturated rings. The van der Waals surface area contributed by atoms with Gasteiger partial charge in [0.05, 0.1) is 50.8 Å². The van der Waals surface area contributed by atoms with E-state index in [0.717, 1.165) is 38.9 Å². The van der Waals surface area contributed by atoms with Gasteiger partial charge >= 0.3 is 0 Å². The van der Waals surface area contributed by atoms with Gasteiger partial charge < -0.3 is 18.9 Å². The molecule has 1 aromatic carbocycles. The monoisotopic (exact) mass is 334 g/mol. The number of rotatable bonds is 10. The van der Waals surface area contributed by atoms with Gasteiger partial charge in [0, 0.05) is 12.8 Å². The summed E-state index contributed by atoms with van der Waals surface area (Å²) in [4.78, 5) is 0. The Bertz CT molecular complexity index is 445. The first kappa shape index (κ1) is 17.9. The summed E-state index contributed by atoms with van der Waals surface area (Å²) in [5.41, 5.74) is 2.34. The van der Waals surface area contributed by atoms with Crippen molar-refractivity contribution in [3.05, 3.63) is 35.4 Å². The third-order valence-corrected chi connectivity index (χ3v) is 5.51. The van der Waals surface area contributed by atoms with Gasteiger partial charge in [0.15, 0.2) is 0 Å². The minimum atomic E-state index is -0.0212. The van der Waals surface area contributed by atoms with Crippen LogP contribution in [0.3, 0.4) is 0 Å². The fraction of sp³-hybridized carbons (Fsp3) is 0.700. The predicted molar refractivity (Wildman–Crippen MR) is 92.9 cm³/mol. The van der Waals surface area contributed by atoms with E-state index in [-0.39, 0.29) is 11.2 Å². The van der Waals surface area contributed by atoms with Crippen LogP contribution in [0.1, 0.15) is 50.7 Å². The van der Waals surface area contributed by atoms with Crippen LogP contribution in [0, 0.1) is 0 Å². The molecule has 134 valence electrons. The third-order valence-electron chi connectivity index (χ3n) is 5.51. The van der Waals surface area contributed by atoms with E-state index in [9.17, 15) is 0 Å². The Morgan fingerprint density at radius 1 is 0.792 bits per heavy atom. The first-order chi connectivity index (χ1) is 11.7. The molecule has 0 saturated carbocycles.